The van der Waals surface area contributed by atoms with Gasteiger partial charge in [0.2, 0.25) is 0 Å². The highest BCUT2D eigenvalue weighted by Crippen LogP contribution is 2.24. The number of anilines is 1. The summed E-state index contributed by atoms with van der Waals surface area (Å²) in [7, 11) is 0. The molecule has 0 saturated carbocycles. The number of Topliss-reactive ketones (excluding diaryl/α,β-unsaturated/α-hetero) is 1. The molecule has 1 unspecified atom stereocenters. The summed E-state index contributed by atoms with van der Waals surface area (Å²) >= 11 is 0. The van der Waals surface area contributed by atoms with Gasteiger partial charge in [0.15, 0.2) is 5.78 Å². The maximum Gasteiger partial charge on any atom is 0.164 e. The number of benzene rings is 1. The van der Waals surface area contributed by atoms with E-state index in [1.807, 2.05) is 31.2 Å². The van der Waals surface area contributed by atoms with Gasteiger partial charge in [-0.1, -0.05) is 19.1 Å². The molecule has 1 aliphatic rings. The first kappa shape index (κ1) is 13.1. The summed E-state index contributed by atoms with van der Waals surface area (Å²) in [6.07, 6.45) is 0.507. The molecule has 1 atom stereocenters. The van der Waals surface area contributed by atoms with E-state index in [1.54, 1.807) is 0 Å². The molecule has 0 radical (unpaired) electrons. The van der Waals surface area contributed by atoms with E-state index in [9.17, 15) is 9.90 Å². The Morgan fingerprint density at radius 1 is 1.50 bits per heavy atom. The van der Waals surface area contributed by atoms with E-state index < -0.39 is 0 Å². The number of carbonyl (C=O) groups excluding carboxylic acids is 1. The van der Waals surface area contributed by atoms with Gasteiger partial charge in [-0.15, -0.1) is 0 Å². The molecule has 1 aliphatic heterocycles. The van der Waals surface area contributed by atoms with E-state index in [-0.39, 0.29) is 18.4 Å². The van der Waals surface area contributed by atoms with Crippen molar-refractivity contribution in [1.82, 2.24) is 5.32 Å². The summed E-state index contributed by atoms with van der Waals surface area (Å²) in [6.45, 7) is 4.43. The van der Waals surface area contributed by atoms with Crippen LogP contribution in [0.1, 0.15) is 23.7 Å². The Morgan fingerprint density at radius 3 is 3.00 bits per heavy atom. The molecule has 1 saturated heterocycles. The van der Waals surface area contributed by atoms with Crippen LogP contribution in [0.2, 0.25) is 0 Å². The quantitative estimate of drug-likeness (QED) is 0.782. The van der Waals surface area contributed by atoms with Gasteiger partial charge in [0.05, 0.1) is 12.6 Å². The normalized spacial score (nSPS) is 19.9. The van der Waals surface area contributed by atoms with Crippen LogP contribution in [-0.2, 0) is 0 Å². The average molecular weight is 248 g/mol. The Bertz CT molecular complexity index is 420. The summed E-state index contributed by atoms with van der Waals surface area (Å²) in [6, 6.07) is 7.72. The molecule has 1 aromatic rings. The SMILES string of the molecule is CCC(=O)c1ccccc1N1CCNCC1CO. The first-order chi connectivity index (χ1) is 8.77. The number of aliphatic hydroxyl groups excluding tert-OH is 1. The third-order valence-electron chi connectivity index (χ3n) is 3.40. The maximum atomic E-state index is 12.0. The molecule has 0 aliphatic carbocycles. The van der Waals surface area contributed by atoms with Crippen LogP contribution in [0.15, 0.2) is 24.3 Å². The highest BCUT2D eigenvalue weighted by molar-refractivity contribution is 6.01. The van der Waals surface area contributed by atoms with Gasteiger partial charge >= 0.3 is 0 Å². The summed E-state index contributed by atoms with van der Waals surface area (Å²) in [5.74, 6) is 0.154. The molecule has 18 heavy (non-hydrogen) atoms. The second-order valence-corrected chi connectivity index (χ2v) is 4.53. The van der Waals surface area contributed by atoms with Crippen molar-refractivity contribution in [1.29, 1.82) is 0 Å². The largest absolute Gasteiger partial charge is 0.394 e. The molecule has 4 heteroatoms. The molecule has 0 aromatic heterocycles. The summed E-state index contributed by atoms with van der Waals surface area (Å²) in [5.41, 5.74) is 1.71. The summed E-state index contributed by atoms with van der Waals surface area (Å²) in [4.78, 5) is 14.1. The van der Waals surface area contributed by atoms with Crippen molar-refractivity contribution in [3.05, 3.63) is 29.8 Å². The van der Waals surface area contributed by atoms with Crippen LogP contribution in [0.4, 0.5) is 5.69 Å². The third-order valence-corrected chi connectivity index (χ3v) is 3.40. The standard InChI is InChI=1S/C14H20N2O2/c1-2-14(18)12-5-3-4-6-13(12)16-8-7-15-9-11(16)10-17/h3-6,11,15,17H,2,7-10H2,1H3. The zero-order valence-corrected chi connectivity index (χ0v) is 10.7. The molecule has 1 aromatic carbocycles. The second kappa shape index (κ2) is 5.98. The van der Waals surface area contributed by atoms with Gasteiger partial charge in [-0.25, -0.2) is 0 Å². The molecule has 2 rings (SSSR count). The Balaban J connectivity index is 2.33. The van der Waals surface area contributed by atoms with Crippen LogP contribution in [0, 0.1) is 0 Å². The van der Waals surface area contributed by atoms with E-state index in [2.05, 4.69) is 10.2 Å². The van der Waals surface area contributed by atoms with E-state index in [1.165, 1.54) is 0 Å². The monoisotopic (exact) mass is 248 g/mol. The van der Waals surface area contributed by atoms with Crippen LogP contribution in [0.5, 0.6) is 0 Å². The number of piperazine rings is 1. The van der Waals surface area contributed by atoms with E-state index >= 15 is 0 Å². The molecule has 2 N–H and O–H groups in total. The van der Waals surface area contributed by atoms with E-state index in [4.69, 9.17) is 0 Å². The highest BCUT2D eigenvalue weighted by atomic mass is 16.3. The molecule has 0 spiro atoms. The number of rotatable bonds is 4. The number of aliphatic hydroxyl groups is 1. The summed E-state index contributed by atoms with van der Waals surface area (Å²) < 4.78 is 0. The zero-order valence-electron chi connectivity index (χ0n) is 10.7. The van der Waals surface area contributed by atoms with Gasteiger partial charge in [0.25, 0.3) is 0 Å². The van der Waals surface area contributed by atoms with Crippen molar-refractivity contribution in [2.24, 2.45) is 0 Å². The van der Waals surface area contributed by atoms with Gasteiger partial charge in [-0.05, 0) is 12.1 Å². The number of hydrogen-bond acceptors (Lipinski definition) is 4. The lowest BCUT2D eigenvalue weighted by Crippen LogP contribution is -2.53. The van der Waals surface area contributed by atoms with Crippen molar-refractivity contribution >= 4 is 11.5 Å². The highest BCUT2D eigenvalue weighted by Gasteiger charge is 2.24. The first-order valence-corrected chi connectivity index (χ1v) is 6.48. The van der Waals surface area contributed by atoms with Crippen LogP contribution >= 0.6 is 0 Å². The third kappa shape index (κ3) is 2.54. The Morgan fingerprint density at radius 2 is 2.28 bits per heavy atom. The Kier molecular flexibility index (Phi) is 4.33. The smallest absolute Gasteiger partial charge is 0.164 e. The van der Waals surface area contributed by atoms with Gasteiger partial charge in [0.1, 0.15) is 0 Å². The van der Waals surface area contributed by atoms with Crippen molar-refractivity contribution in [2.45, 2.75) is 19.4 Å². The number of nitrogens with one attached hydrogen (secondary N) is 1. The second-order valence-electron chi connectivity index (χ2n) is 4.53. The minimum atomic E-state index is 0.0459. The Labute approximate surface area is 108 Å². The molecular formula is C14H20N2O2. The van der Waals surface area contributed by atoms with Crippen LogP contribution in [0.25, 0.3) is 0 Å². The lowest BCUT2D eigenvalue weighted by molar-refractivity contribution is 0.0988. The predicted molar refractivity (Wildman–Crippen MR) is 72.2 cm³/mol. The molecule has 1 fully saturated rings. The van der Waals surface area contributed by atoms with Crippen LogP contribution in [-0.4, -0.2) is 43.2 Å². The van der Waals surface area contributed by atoms with Crippen molar-refractivity contribution in [2.75, 3.05) is 31.1 Å². The van der Waals surface area contributed by atoms with Crippen molar-refractivity contribution in [3.8, 4) is 0 Å². The van der Waals surface area contributed by atoms with E-state index in [0.717, 1.165) is 30.9 Å². The molecule has 0 bridgehead atoms. The number of carbonyl (C=O) groups is 1. The fraction of sp³-hybridized carbons (Fsp3) is 0.500. The molecule has 4 nitrogen and oxygen atoms in total. The number of ketones is 1. The average Bonchev–Trinajstić information content (AvgIpc) is 2.46. The topological polar surface area (TPSA) is 52.6 Å². The minimum absolute atomic E-state index is 0.0459. The lowest BCUT2D eigenvalue weighted by Gasteiger charge is -2.37. The fourth-order valence-electron chi connectivity index (χ4n) is 2.39. The number of nitrogens with zero attached hydrogens (tertiary/aromatic N) is 1. The van der Waals surface area contributed by atoms with Gasteiger partial charge in [-0.3, -0.25) is 4.79 Å². The van der Waals surface area contributed by atoms with Gasteiger partial charge in [-0.2, -0.15) is 0 Å². The minimum Gasteiger partial charge on any atom is -0.394 e. The fourth-order valence-corrected chi connectivity index (χ4v) is 2.39. The maximum absolute atomic E-state index is 12.0. The molecular weight excluding hydrogens is 228 g/mol. The van der Waals surface area contributed by atoms with E-state index in [0.29, 0.717) is 6.42 Å². The van der Waals surface area contributed by atoms with Crippen LogP contribution in [0.3, 0.4) is 0 Å². The van der Waals surface area contributed by atoms with Crippen LogP contribution < -0.4 is 10.2 Å². The van der Waals surface area contributed by atoms with Crippen molar-refractivity contribution < 1.29 is 9.90 Å². The lowest BCUT2D eigenvalue weighted by atomic mass is 10.0. The molecule has 1 heterocycles. The number of para-hydroxylation sites is 1. The Hall–Kier alpha value is -1.39. The van der Waals surface area contributed by atoms with Gasteiger partial charge in [0, 0.05) is 37.3 Å². The van der Waals surface area contributed by atoms with Crippen molar-refractivity contribution in [3.63, 3.8) is 0 Å². The first-order valence-electron chi connectivity index (χ1n) is 6.48. The predicted octanol–water partition coefficient (Wildman–Crippen LogP) is 1.05. The number of hydrogen-bond donors (Lipinski definition) is 2. The zero-order chi connectivity index (χ0) is 13.0. The summed E-state index contributed by atoms with van der Waals surface area (Å²) in [5, 5.41) is 12.7. The van der Waals surface area contributed by atoms with Gasteiger partial charge < -0.3 is 15.3 Å². The molecule has 98 valence electrons. The molecule has 0 amide bonds.